The molecule has 0 aliphatic rings. The highest BCUT2D eigenvalue weighted by Crippen LogP contribution is 2.24. The molecule has 2 aromatic rings. The van der Waals surface area contributed by atoms with Gasteiger partial charge in [-0.05, 0) is 12.1 Å². The Hall–Kier alpha value is -1.19. The summed E-state index contributed by atoms with van der Waals surface area (Å²) < 4.78 is 3.07. The molecular weight excluding hydrogens is 247 g/mol. The van der Waals surface area contributed by atoms with Gasteiger partial charge in [0.15, 0.2) is 0 Å². The van der Waals surface area contributed by atoms with E-state index in [0.717, 1.165) is 5.56 Å². The summed E-state index contributed by atoms with van der Waals surface area (Å²) in [6.07, 6.45) is 3.41. The Kier molecular flexibility index (Phi) is 3.08. The highest BCUT2D eigenvalue weighted by Gasteiger charge is 2.08. The molecule has 0 amide bonds. The van der Waals surface area contributed by atoms with Gasteiger partial charge >= 0.3 is 5.69 Å². The minimum Gasteiger partial charge on any atom is -0.302 e. The zero-order chi connectivity index (χ0) is 11.7. The number of imidazole rings is 1. The van der Waals surface area contributed by atoms with E-state index in [2.05, 4.69) is 0 Å². The van der Waals surface area contributed by atoms with Crippen LogP contribution in [0.4, 0.5) is 0 Å². The van der Waals surface area contributed by atoms with Crippen molar-refractivity contribution >= 4 is 23.2 Å². The number of halogens is 2. The molecule has 0 aliphatic heterocycles. The van der Waals surface area contributed by atoms with Gasteiger partial charge in [0.25, 0.3) is 0 Å². The number of rotatable bonds is 2. The largest absolute Gasteiger partial charge is 0.328 e. The quantitative estimate of drug-likeness (QED) is 0.812. The second-order valence-electron chi connectivity index (χ2n) is 3.52. The molecule has 0 atom stereocenters. The molecule has 3 nitrogen and oxygen atoms in total. The molecule has 0 radical (unpaired) electrons. The van der Waals surface area contributed by atoms with Crippen molar-refractivity contribution in [2.75, 3.05) is 0 Å². The predicted molar refractivity (Wildman–Crippen MR) is 65.2 cm³/mol. The summed E-state index contributed by atoms with van der Waals surface area (Å²) in [6, 6.07) is 5.30. The van der Waals surface area contributed by atoms with Gasteiger partial charge in [0.1, 0.15) is 0 Å². The van der Waals surface area contributed by atoms with Crippen molar-refractivity contribution in [3.8, 4) is 0 Å². The lowest BCUT2D eigenvalue weighted by molar-refractivity contribution is 0.718. The Morgan fingerprint density at radius 2 is 1.81 bits per heavy atom. The first-order chi connectivity index (χ1) is 7.59. The number of nitrogens with zero attached hydrogens (tertiary/aromatic N) is 2. The van der Waals surface area contributed by atoms with E-state index in [1.807, 2.05) is 0 Å². The average Bonchev–Trinajstić information content (AvgIpc) is 2.55. The maximum atomic E-state index is 11.6. The fourth-order valence-corrected chi connectivity index (χ4v) is 2.00. The third-order valence-electron chi connectivity index (χ3n) is 2.41. The third-order valence-corrected chi connectivity index (χ3v) is 3.12. The number of aromatic nitrogens is 2. The van der Waals surface area contributed by atoms with Crippen molar-refractivity contribution in [1.82, 2.24) is 9.13 Å². The van der Waals surface area contributed by atoms with Crippen LogP contribution in [0, 0.1) is 0 Å². The Balaban J connectivity index is 2.42. The van der Waals surface area contributed by atoms with Crippen LogP contribution in [0.1, 0.15) is 5.56 Å². The first-order valence-corrected chi connectivity index (χ1v) is 5.50. The molecule has 0 saturated carbocycles. The van der Waals surface area contributed by atoms with Crippen LogP contribution < -0.4 is 5.69 Å². The topological polar surface area (TPSA) is 26.9 Å². The van der Waals surface area contributed by atoms with E-state index in [1.54, 1.807) is 42.2 Å². The summed E-state index contributed by atoms with van der Waals surface area (Å²) in [4.78, 5) is 11.6. The number of hydrogen-bond acceptors (Lipinski definition) is 1. The van der Waals surface area contributed by atoms with Crippen molar-refractivity contribution in [3.63, 3.8) is 0 Å². The van der Waals surface area contributed by atoms with Crippen LogP contribution in [-0.4, -0.2) is 9.13 Å². The molecule has 1 aromatic carbocycles. The summed E-state index contributed by atoms with van der Waals surface area (Å²) in [7, 11) is 1.70. The molecule has 1 heterocycles. The number of aryl methyl sites for hydroxylation is 1. The van der Waals surface area contributed by atoms with Gasteiger partial charge in [-0.2, -0.15) is 0 Å². The second kappa shape index (κ2) is 4.36. The molecule has 0 saturated heterocycles. The minimum absolute atomic E-state index is 0.0870. The van der Waals surface area contributed by atoms with E-state index in [0.29, 0.717) is 16.6 Å². The summed E-state index contributed by atoms with van der Waals surface area (Å²) >= 11 is 12.1. The fraction of sp³-hybridized carbons (Fsp3) is 0.182. The fourth-order valence-electron chi connectivity index (χ4n) is 1.48. The predicted octanol–water partition coefficient (Wildman–Crippen LogP) is 2.54. The van der Waals surface area contributed by atoms with Crippen molar-refractivity contribution < 1.29 is 0 Å². The number of benzene rings is 1. The van der Waals surface area contributed by atoms with Gasteiger partial charge < -0.3 is 4.57 Å². The van der Waals surface area contributed by atoms with Gasteiger partial charge in [0.05, 0.1) is 6.54 Å². The monoisotopic (exact) mass is 256 g/mol. The van der Waals surface area contributed by atoms with E-state index in [9.17, 15) is 4.79 Å². The molecule has 5 heteroatoms. The van der Waals surface area contributed by atoms with Crippen LogP contribution in [0.3, 0.4) is 0 Å². The molecule has 2 rings (SSSR count). The molecule has 0 unspecified atom stereocenters. The standard InChI is InChI=1S/C11H10Cl2N2O/c1-14-5-6-15(11(14)16)7-8-9(12)3-2-4-10(8)13/h2-6H,7H2,1H3. The van der Waals surface area contributed by atoms with E-state index < -0.39 is 0 Å². The highest BCUT2D eigenvalue weighted by molar-refractivity contribution is 6.35. The Bertz CT molecular complexity index is 551. The molecule has 84 valence electrons. The summed E-state index contributed by atoms with van der Waals surface area (Å²) in [6.45, 7) is 0.387. The molecule has 16 heavy (non-hydrogen) atoms. The van der Waals surface area contributed by atoms with Crippen LogP contribution in [-0.2, 0) is 13.6 Å². The van der Waals surface area contributed by atoms with E-state index in [1.165, 1.54) is 4.57 Å². The average molecular weight is 257 g/mol. The van der Waals surface area contributed by atoms with Crippen molar-refractivity contribution in [2.24, 2.45) is 7.05 Å². The normalized spacial score (nSPS) is 10.7. The lowest BCUT2D eigenvalue weighted by Crippen LogP contribution is -2.22. The Labute approximate surface area is 103 Å². The van der Waals surface area contributed by atoms with Gasteiger partial charge in [-0.25, -0.2) is 4.79 Å². The first-order valence-electron chi connectivity index (χ1n) is 4.74. The van der Waals surface area contributed by atoms with Crippen LogP contribution in [0.15, 0.2) is 35.4 Å². The molecule has 0 spiro atoms. The summed E-state index contributed by atoms with van der Waals surface area (Å²) in [5.41, 5.74) is 0.676. The van der Waals surface area contributed by atoms with Gasteiger partial charge in [-0.3, -0.25) is 4.57 Å². The molecule has 0 bridgehead atoms. The van der Waals surface area contributed by atoms with Crippen LogP contribution in [0.25, 0.3) is 0 Å². The Morgan fingerprint density at radius 3 is 2.31 bits per heavy atom. The van der Waals surface area contributed by atoms with Crippen molar-refractivity contribution in [2.45, 2.75) is 6.54 Å². The number of hydrogen-bond donors (Lipinski definition) is 0. The lowest BCUT2D eigenvalue weighted by atomic mass is 10.2. The first kappa shape index (κ1) is 11.3. The van der Waals surface area contributed by atoms with Gasteiger partial charge in [0.2, 0.25) is 0 Å². The molecule has 0 fully saturated rings. The van der Waals surface area contributed by atoms with Crippen LogP contribution in [0.2, 0.25) is 10.0 Å². The highest BCUT2D eigenvalue weighted by atomic mass is 35.5. The lowest BCUT2D eigenvalue weighted by Gasteiger charge is -2.06. The van der Waals surface area contributed by atoms with Gasteiger partial charge in [-0.15, -0.1) is 0 Å². The van der Waals surface area contributed by atoms with Crippen molar-refractivity contribution in [1.29, 1.82) is 0 Å². The molecule has 0 aliphatic carbocycles. The van der Waals surface area contributed by atoms with Crippen molar-refractivity contribution in [3.05, 3.63) is 56.7 Å². The van der Waals surface area contributed by atoms with Gasteiger partial charge in [0, 0.05) is 35.1 Å². The maximum absolute atomic E-state index is 11.6. The maximum Gasteiger partial charge on any atom is 0.328 e. The molecule has 1 aromatic heterocycles. The molecule has 0 N–H and O–H groups in total. The second-order valence-corrected chi connectivity index (χ2v) is 4.33. The zero-order valence-electron chi connectivity index (χ0n) is 8.65. The summed E-state index contributed by atoms with van der Waals surface area (Å²) in [5.74, 6) is 0. The smallest absolute Gasteiger partial charge is 0.302 e. The van der Waals surface area contributed by atoms with E-state index in [4.69, 9.17) is 23.2 Å². The van der Waals surface area contributed by atoms with E-state index in [-0.39, 0.29) is 5.69 Å². The van der Waals surface area contributed by atoms with Crippen LogP contribution >= 0.6 is 23.2 Å². The third kappa shape index (κ3) is 2.01. The SMILES string of the molecule is Cn1ccn(Cc2c(Cl)cccc2Cl)c1=O. The van der Waals surface area contributed by atoms with Crippen LogP contribution in [0.5, 0.6) is 0 Å². The molecular formula is C11H10Cl2N2O. The van der Waals surface area contributed by atoms with E-state index >= 15 is 0 Å². The Morgan fingerprint density at radius 1 is 1.19 bits per heavy atom. The van der Waals surface area contributed by atoms with Gasteiger partial charge in [-0.1, -0.05) is 29.3 Å². The minimum atomic E-state index is -0.0870. The summed E-state index contributed by atoms with van der Waals surface area (Å²) in [5, 5.41) is 1.14. The zero-order valence-corrected chi connectivity index (χ0v) is 10.2.